The van der Waals surface area contributed by atoms with Crippen LogP contribution in [0.4, 0.5) is 3.89 Å². The molecule has 1 fully saturated rings. The van der Waals surface area contributed by atoms with E-state index in [-0.39, 0.29) is 11.8 Å². The maximum atomic E-state index is 12.7. The Bertz CT molecular complexity index is 645. The van der Waals surface area contributed by atoms with Gasteiger partial charge in [0.1, 0.15) is 0 Å². The van der Waals surface area contributed by atoms with Gasteiger partial charge < -0.3 is 4.90 Å². The smallest absolute Gasteiger partial charge is 0.302 e. The molecule has 2 rings (SSSR count). The molecule has 21 heavy (non-hydrogen) atoms. The van der Waals surface area contributed by atoms with Gasteiger partial charge in [0.25, 0.3) is 5.91 Å². The van der Waals surface area contributed by atoms with E-state index in [0.717, 1.165) is 8.04 Å². The molecular weight excluding hydrogens is 476 g/mol. The summed E-state index contributed by atoms with van der Waals surface area (Å²) >= 11 is 5.51. The second kappa shape index (κ2) is 6.91. The zero-order valence-electron chi connectivity index (χ0n) is 11.1. The molecule has 1 aliphatic rings. The SMILES string of the molecule is O=C(c1cccc(Br)c1I)N1CCC(CS(=O)(=O)F)CC1. The minimum Gasteiger partial charge on any atom is -0.339 e. The minimum absolute atomic E-state index is 0.0674. The predicted molar refractivity (Wildman–Crippen MR) is 90.4 cm³/mol. The first-order chi connectivity index (χ1) is 9.78. The van der Waals surface area contributed by atoms with Crippen LogP contribution in [0.2, 0.25) is 0 Å². The monoisotopic (exact) mass is 489 g/mol. The number of rotatable bonds is 3. The van der Waals surface area contributed by atoms with Gasteiger partial charge in [0.2, 0.25) is 0 Å². The normalized spacial score (nSPS) is 17.0. The Kier molecular flexibility index (Phi) is 5.64. The zero-order chi connectivity index (χ0) is 15.6. The van der Waals surface area contributed by atoms with Gasteiger partial charge in [-0.15, -0.1) is 3.89 Å². The summed E-state index contributed by atoms with van der Waals surface area (Å²) in [6.07, 6.45) is 1.03. The van der Waals surface area contributed by atoms with Crippen molar-refractivity contribution >= 4 is 54.7 Å². The Morgan fingerprint density at radius 2 is 2.00 bits per heavy atom. The van der Waals surface area contributed by atoms with Crippen LogP contribution in [0, 0.1) is 9.49 Å². The van der Waals surface area contributed by atoms with Gasteiger partial charge in [-0.1, -0.05) is 6.07 Å². The topological polar surface area (TPSA) is 54.5 Å². The molecule has 1 saturated heterocycles. The maximum absolute atomic E-state index is 12.7. The number of benzene rings is 1. The van der Waals surface area contributed by atoms with Gasteiger partial charge >= 0.3 is 10.2 Å². The number of carbonyl (C=O) groups excluding carboxylic acids is 1. The van der Waals surface area contributed by atoms with Crippen LogP contribution < -0.4 is 0 Å². The van der Waals surface area contributed by atoms with E-state index in [1.165, 1.54) is 0 Å². The Balaban J connectivity index is 2.02. The lowest BCUT2D eigenvalue weighted by molar-refractivity contribution is 0.0697. The average molecular weight is 490 g/mol. The van der Waals surface area contributed by atoms with Crippen molar-refractivity contribution in [2.45, 2.75) is 12.8 Å². The summed E-state index contributed by atoms with van der Waals surface area (Å²) in [5, 5.41) is 0. The van der Waals surface area contributed by atoms with Crippen molar-refractivity contribution < 1.29 is 17.1 Å². The molecule has 0 aromatic heterocycles. The molecule has 0 saturated carbocycles. The van der Waals surface area contributed by atoms with Crippen LogP contribution in [0.1, 0.15) is 23.2 Å². The third-order valence-electron chi connectivity index (χ3n) is 3.52. The van der Waals surface area contributed by atoms with E-state index in [1.54, 1.807) is 11.0 Å². The third kappa shape index (κ3) is 4.62. The van der Waals surface area contributed by atoms with Crippen LogP contribution >= 0.6 is 38.5 Å². The van der Waals surface area contributed by atoms with Crippen molar-refractivity contribution in [2.24, 2.45) is 5.92 Å². The standard InChI is InChI=1S/C13H14BrFINO3S/c14-11-3-1-2-10(12(11)16)13(18)17-6-4-9(5-7-17)8-21(15,19)20/h1-3,9H,4-8H2. The second-order valence-electron chi connectivity index (χ2n) is 5.04. The molecule has 0 spiro atoms. The summed E-state index contributed by atoms with van der Waals surface area (Å²) in [6, 6.07) is 5.45. The van der Waals surface area contributed by atoms with Crippen LogP contribution in [-0.4, -0.2) is 38.1 Å². The lowest BCUT2D eigenvalue weighted by atomic mass is 9.98. The van der Waals surface area contributed by atoms with E-state index >= 15 is 0 Å². The highest BCUT2D eigenvalue weighted by atomic mass is 127. The fourth-order valence-electron chi connectivity index (χ4n) is 2.42. The fourth-order valence-corrected chi connectivity index (χ4v) is 4.28. The summed E-state index contributed by atoms with van der Waals surface area (Å²) < 4.78 is 35.7. The van der Waals surface area contributed by atoms with Gasteiger partial charge in [-0.25, -0.2) is 0 Å². The Labute approximate surface area is 145 Å². The van der Waals surface area contributed by atoms with Crippen molar-refractivity contribution in [3.63, 3.8) is 0 Å². The number of hydrogen-bond acceptors (Lipinski definition) is 3. The molecule has 1 aliphatic heterocycles. The van der Waals surface area contributed by atoms with E-state index in [0.29, 0.717) is 31.5 Å². The first-order valence-corrected chi connectivity index (χ1v) is 9.86. The molecule has 0 atom stereocenters. The number of carbonyl (C=O) groups is 1. The van der Waals surface area contributed by atoms with Gasteiger partial charge in [0, 0.05) is 21.1 Å². The molecule has 1 heterocycles. The molecule has 0 N–H and O–H groups in total. The summed E-state index contributed by atoms with van der Waals surface area (Å²) in [5.41, 5.74) is 0.626. The van der Waals surface area contributed by atoms with Gasteiger partial charge in [-0.3, -0.25) is 4.79 Å². The van der Waals surface area contributed by atoms with Crippen LogP contribution in [0.3, 0.4) is 0 Å². The number of piperidine rings is 1. The van der Waals surface area contributed by atoms with Crippen LogP contribution in [-0.2, 0) is 10.2 Å². The maximum Gasteiger partial charge on any atom is 0.302 e. The molecule has 8 heteroatoms. The van der Waals surface area contributed by atoms with E-state index in [1.807, 2.05) is 12.1 Å². The number of nitrogens with zero attached hydrogens (tertiary/aromatic N) is 1. The summed E-state index contributed by atoms with van der Waals surface area (Å²) in [5.74, 6) is -0.711. The van der Waals surface area contributed by atoms with E-state index in [4.69, 9.17) is 0 Å². The highest BCUT2D eigenvalue weighted by Gasteiger charge is 2.27. The van der Waals surface area contributed by atoms with Crippen LogP contribution in [0.5, 0.6) is 0 Å². The van der Waals surface area contributed by atoms with Gasteiger partial charge in [0.05, 0.1) is 11.3 Å². The number of amides is 1. The summed E-state index contributed by atoms with van der Waals surface area (Å²) in [7, 11) is -4.44. The predicted octanol–water partition coefficient (Wildman–Crippen LogP) is 3.21. The van der Waals surface area contributed by atoms with Crippen molar-refractivity contribution in [3.05, 3.63) is 31.8 Å². The first-order valence-electron chi connectivity index (χ1n) is 6.43. The number of hydrogen-bond donors (Lipinski definition) is 0. The van der Waals surface area contributed by atoms with Crippen molar-refractivity contribution in [3.8, 4) is 0 Å². The summed E-state index contributed by atoms with van der Waals surface area (Å²) in [6.45, 7) is 0.920. The molecule has 0 aliphatic carbocycles. The molecule has 1 amide bonds. The van der Waals surface area contributed by atoms with Gasteiger partial charge in [-0.2, -0.15) is 8.42 Å². The fraction of sp³-hybridized carbons (Fsp3) is 0.462. The van der Waals surface area contributed by atoms with Crippen molar-refractivity contribution in [2.75, 3.05) is 18.8 Å². The van der Waals surface area contributed by atoms with Gasteiger partial charge in [0.15, 0.2) is 0 Å². The Hall–Kier alpha value is -0.220. The van der Waals surface area contributed by atoms with E-state index in [2.05, 4.69) is 38.5 Å². The second-order valence-corrected chi connectivity index (χ2v) is 8.39. The quantitative estimate of drug-likeness (QED) is 0.484. The number of halogens is 3. The zero-order valence-corrected chi connectivity index (χ0v) is 15.6. The van der Waals surface area contributed by atoms with Crippen molar-refractivity contribution in [1.82, 2.24) is 4.90 Å². The first kappa shape index (κ1) is 17.1. The molecule has 0 radical (unpaired) electrons. The average Bonchev–Trinajstić information content (AvgIpc) is 2.40. The van der Waals surface area contributed by atoms with Crippen molar-refractivity contribution in [1.29, 1.82) is 0 Å². The lowest BCUT2D eigenvalue weighted by Crippen LogP contribution is -2.40. The number of likely N-dealkylation sites (tertiary alicyclic amines) is 1. The van der Waals surface area contributed by atoms with Crippen LogP contribution in [0.15, 0.2) is 22.7 Å². The molecule has 4 nitrogen and oxygen atoms in total. The highest BCUT2D eigenvalue weighted by molar-refractivity contribution is 14.1. The highest BCUT2D eigenvalue weighted by Crippen LogP contribution is 2.26. The van der Waals surface area contributed by atoms with E-state index in [9.17, 15) is 17.1 Å². The molecule has 1 aromatic rings. The molecule has 116 valence electrons. The lowest BCUT2D eigenvalue weighted by Gasteiger charge is -2.31. The molecule has 1 aromatic carbocycles. The minimum atomic E-state index is -4.44. The van der Waals surface area contributed by atoms with Crippen LogP contribution in [0.25, 0.3) is 0 Å². The molecular formula is C13H14BrFINO3S. The Morgan fingerprint density at radius 1 is 1.38 bits per heavy atom. The van der Waals surface area contributed by atoms with Gasteiger partial charge in [-0.05, 0) is 69.4 Å². The molecule has 0 bridgehead atoms. The third-order valence-corrected chi connectivity index (χ3v) is 6.95. The Morgan fingerprint density at radius 3 is 2.57 bits per heavy atom. The summed E-state index contributed by atoms with van der Waals surface area (Å²) in [4.78, 5) is 14.2. The largest absolute Gasteiger partial charge is 0.339 e. The molecule has 0 unspecified atom stereocenters. The van der Waals surface area contributed by atoms with E-state index < -0.39 is 16.0 Å².